The molecule has 2 rings (SSSR count). The lowest BCUT2D eigenvalue weighted by molar-refractivity contribution is 0.292. The Balaban J connectivity index is 2.05. The minimum absolute atomic E-state index is 0.182. The lowest BCUT2D eigenvalue weighted by Crippen LogP contribution is -2.39. The van der Waals surface area contributed by atoms with Crippen molar-refractivity contribution in [2.45, 2.75) is 38.6 Å². The highest BCUT2D eigenvalue weighted by molar-refractivity contribution is 6.31. The molecule has 0 aromatic heterocycles. The Morgan fingerprint density at radius 3 is 3.00 bits per heavy atom. The molecule has 94 valence electrons. The molecule has 1 heterocycles. The molecular weight excluding hydrogens is 237 g/mol. The van der Waals surface area contributed by atoms with Crippen LogP contribution in [0.3, 0.4) is 0 Å². The van der Waals surface area contributed by atoms with Crippen LogP contribution in [0.4, 0.5) is 4.39 Å². The second-order valence-electron chi connectivity index (χ2n) is 4.85. The smallest absolute Gasteiger partial charge is 0.127 e. The standard InChI is InChI=1S/C14H19ClFN/c1-2-10-6-7-17-11(8-10)9-12-13(15)4-3-5-14(12)16/h3-5,10-11,17H,2,6-9H2,1H3. The van der Waals surface area contributed by atoms with Crippen LogP contribution in [0.15, 0.2) is 18.2 Å². The third-order valence-electron chi connectivity index (χ3n) is 3.69. The van der Waals surface area contributed by atoms with Crippen molar-refractivity contribution in [3.63, 3.8) is 0 Å². The molecule has 0 spiro atoms. The maximum Gasteiger partial charge on any atom is 0.127 e. The van der Waals surface area contributed by atoms with Crippen molar-refractivity contribution in [1.82, 2.24) is 5.32 Å². The molecule has 2 atom stereocenters. The molecule has 0 amide bonds. The first kappa shape index (κ1) is 12.8. The van der Waals surface area contributed by atoms with Crippen molar-refractivity contribution >= 4 is 11.6 Å². The van der Waals surface area contributed by atoms with Gasteiger partial charge < -0.3 is 5.32 Å². The second-order valence-corrected chi connectivity index (χ2v) is 5.26. The van der Waals surface area contributed by atoms with E-state index in [-0.39, 0.29) is 5.82 Å². The Labute approximate surface area is 107 Å². The number of benzene rings is 1. The summed E-state index contributed by atoms with van der Waals surface area (Å²) in [7, 11) is 0. The van der Waals surface area contributed by atoms with Gasteiger partial charge in [-0.1, -0.05) is 31.0 Å². The molecule has 1 saturated heterocycles. The van der Waals surface area contributed by atoms with Crippen molar-refractivity contribution in [3.05, 3.63) is 34.6 Å². The van der Waals surface area contributed by atoms with Crippen LogP contribution in [0.2, 0.25) is 5.02 Å². The summed E-state index contributed by atoms with van der Waals surface area (Å²) in [6, 6.07) is 5.27. The summed E-state index contributed by atoms with van der Waals surface area (Å²) in [5.41, 5.74) is 0.656. The van der Waals surface area contributed by atoms with Gasteiger partial charge in [-0.25, -0.2) is 4.39 Å². The summed E-state index contributed by atoms with van der Waals surface area (Å²) in [5.74, 6) is 0.588. The van der Waals surface area contributed by atoms with Gasteiger partial charge in [0.1, 0.15) is 5.82 Å². The maximum atomic E-state index is 13.7. The maximum absolute atomic E-state index is 13.7. The molecule has 1 nitrogen and oxygen atoms in total. The van der Waals surface area contributed by atoms with Crippen LogP contribution in [0, 0.1) is 11.7 Å². The first-order chi connectivity index (χ1) is 8.20. The monoisotopic (exact) mass is 255 g/mol. The number of halogens is 2. The minimum Gasteiger partial charge on any atom is -0.314 e. The molecule has 1 aliphatic heterocycles. The highest BCUT2D eigenvalue weighted by Crippen LogP contribution is 2.25. The van der Waals surface area contributed by atoms with Crippen molar-refractivity contribution in [2.75, 3.05) is 6.54 Å². The van der Waals surface area contributed by atoms with Gasteiger partial charge in [-0.15, -0.1) is 0 Å². The molecule has 17 heavy (non-hydrogen) atoms. The zero-order valence-electron chi connectivity index (χ0n) is 10.2. The number of piperidine rings is 1. The molecule has 1 aliphatic rings. The third-order valence-corrected chi connectivity index (χ3v) is 4.05. The Bertz CT molecular complexity index is 360. The summed E-state index contributed by atoms with van der Waals surface area (Å²) in [4.78, 5) is 0. The summed E-state index contributed by atoms with van der Waals surface area (Å²) in [6.07, 6.45) is 4.27. The minimum atomic E-state index is -0.182. The zero-order chi connectivity index (χ0) is 12.3. The summed E-state index contributed by atoms with van der Waals surface area (Å²) in [5, 5.41) is 4.01. The van der Waals surface area contributed by atoms with Gasteiger partial charge in [-0.2, -0.15) is 0 Å². The van der Waals surface area contributed by atoms with Gasteiger partial charge >= 0.3 is 0 Å². The van der Waals surface area contributed by atoms with E-state index in [2.05, 4.69) is 12.2 Å². The lowest BCUT2D eigenvalue weighted by atomic mass is 9.87. The fourth-order valence-corrected chi connectivity index (χ4v) is 2.84. The molecule has 2 unspecified atom stereocenters. The average Bonchev–Trinajstić information content (AvgIpc) is 2.34. The fourth-order valence-electron chi connectivity index (χ4n) is 2.60. The van der Waals surface area contributed by atoms with Crippen LogP contribution >= 0.6 is 11.6 Å². The van der Waals surface area contributed by atoms with Gasteiger partial charge in [0.2, 0.25) is 0 Å². The zero-order valence-corrected chi connectivity index (χ0v) is 10.9. The van der Waals surface area contributed by atoms with Gasteiger partial charge in [-0.05, 0) is 43.9 Å². The van der Waals surface area contributed by atoms with Gasteiger partial charge in [0.25, 0.3) is 0 Å². The molecule has 1 aromatic carbocycles. The van der Waals surface area contributed by atoms with E-state index in [9.17, 15) is 4.39 Å². The van der Waals surface area contributed by atoms with E-state index >= 15 is 0 Å². The fraction of sp³-hybridized carbons (Fsp3) is 0.571. The molecule has 3 heteroatoms. The normalized spacial score (nSPS) is 24.9. The Hall–Kier alpha value is -0.600. The van der Waals surface area contributed by atoms with Gasteiger partial charge in [0, 0.05) is 16.6 Å². The van der Waals surface area contributed by atoms with E-state index in [4.69, 9.17) is 11.6 Å². The van der Waals surface area contributed by atoms with Crippen LogP contribution in [0.5, 0.6) is 0 Å². The molecule has 0 radical (unpaired) electrons. The quantitative estimate of drug-likeness (QED) is 0.866. The van der Waals surface area contributed by atoms with Crippen LogP contribution in [0.25, 0.3) is 0 Å². The second kappa shape index (κ2) is 5.83. The van der Waals surface area contributed by atoms with E-state index in [0.29, 0.717) is 23.0 Å². The van der Waals surface area contributed by atoms with Crippen molar-refractivity contribution in [1.29, 1.82) is 0 Å². The van der Waals surface area contributed by atoms with E-state index in [0.717, 1.165) is 18.9 Å². The largest absolute Gasteiger partial charge is 0.314 e. The van der Waals surface area contributed by atoms with Crippen LogP contribution in [0.1, 0.15) is 31.7 Å². The van der Waals surface area contributed by atoms with E-state index in [1.54, 1.807) is 12.1 Å². The first-order valence-electron chi connectivity index (χ1n) is 6.37. The Morgan fingerprint density at radius 1 is 1.47 bits per heavy atom. The highest BCUT2D eigenvalue weighted by Gasteiger charge is 2.22. The van der Waals surface area contributed by atoms with Crippen LogP contribution in [-0.4, -0.2) is 12.6 Å². The molecule has 1 aromatic rings. The highest BCUT2D eigenvalue weighted by atomic mass is 35.5. The lowest BCUT2D eigenvalue weighted by Gasteiger charge is -2.30. The SMILES string of the molecule is CCC1CCNC(Cc2c(F)cccc2Cl)C1. The number of rotatable bonds is 3. The van der Waals surface area contributed by atoms with E-state index in [1.807, 2.05) is 0 Å². The van der Waals surface area contributed by atoms with Crippen molar-refractivity contribution in [3.8, 4) is 0 Å². The van der Waals surface area contributed by atoms with Crippen molar-refractivity contribution in [2.24, 2.45) is 5.92 Å². The van der Waals surface area contributed by atoms with Gasteiger partial charge in [0.05, 0.1) is 0 Å². The molecule has 0 bridgehead atoms. The third kappa shape index (κ3) is 3.20. The Morgan fingerprint density at radius 2 is 2.29 bits per heavy atom. The molecule has 1 fully saturated rings. The molecular formula is C14H19ClFN. The molecule has 0 saturated carbocycles. The Kier molecular flexibility index (Phi) is 4.41. The topological polar surface area (TPSA) is 12.0 Å². The van der Waals surface area contributed by atoms with Crippen LogP contribution < -0.4 is 5.32 Å². The van der Waals surface area contributed by atoms with Gasteiger partial charge in [-0.3, -0.25) is 0 Å². The first-order valence-corrected chi connectivity index (χ1v) is 6.74. The number of hydrogen-bond donors (Lipinski definition) is 1. The van der Waals surface area contributed by atoms with E-state index < -0.39 is 0 Å². The number of nitrogens with one attached hydrogen (secondary N) is 1. The predicted octanol–water partition coefficient (Wildman–Crippen LogP) is 3.80. The average molecular weight is 256 g/mol. The van der Waals surface area contributed by atoms with Crippen molar-refractivity contribution < 1.29 is 4.39 Å². The summed E-state index contributed by atoms with van der Waals surface area (Å²) in [6.45, 7) is 3.26. The summed E-state index contributed by atoms with van der Waals surface area (Å²) < 4.78 is 13.7. The number of hydrogen-bond acceptors (Lipinski definition) is 1. The van der Waals surface area contributed by atoms with Crippen LogP contribution in [-0.2, 0) is 6.42 Å². The van der Waals surface area contributed by atoms with Gasteiger partial charge in [0.15, 0.2) is 0 Å². The van der Waals surface area contributed by atoms with E-state index in [1.165, 1.54) is 18.9 Å². The predicted molar refractivity (Wildman–Crippen MR) is 69.9 cm³/mol. The molecule has 1 N–H and O–H groups in total. The summed E-state index contributed by atoms with van der Waals surface area (Å²) >= 11 is 6.05. The molecule has 0 aliphatic carbocycles.